The van der Waals surface area contributed by atoms with E-state index in [9.17, 15) is 8.42 Å². The first-order valence-electron chi connectivity index (χ1n) is 4.65. The fourth-order valence-electron chi connectivity index (χ4n) is 2.31. The third kappa shape index (κ3) is 1.72. The summed E-state index contributed by atoms with van der Waals surface area (Å²) in [6.07, 6.45) is 1.81. The van der Waals surface area contributed by atoms with Crippen molar-refractivity contribution in [3.05, 3.63) is 0 Å². The van der Waals surface area contributed by atoms with Crippen LogP contribution in [0.1, 0.15) is 12.8 Å². The van der Waals surface area contributed by atoms with E-state index in [-0.39, 0.29) is 5.25 Å². The number of likely N-dealkylation sites (tertiary alicyclic amines) is 1. The van der Waals surface area contributed by atoms with Crippen molar-refractivity contribution in [2.75, 3.05) is 24.7 Å². The van der Waals surface area contributed by atoms with E-state index >= 15 is 0 Å². The molecule has 2 unspecified atom stereocenters. The zero-order chi connectivity index (χ0) is 9.47. The van der Waals surface area contributed by atoms with Gasteiger partial charge in [-0.15, -0.1) is 11.6 Å². The standard InChI is InChI=1S/C8H14ClNO2S/c9-2-1-3-10-5-8-4-7(10)6-13(8,11)12/h7-8H,1-6H2. The first-order chi connectivity index (χ1) is 6.13. The van der Waals surface area contributed by atoms with Crippen molar-refractivity contribution in [3.63, 3.8) is 0 Å². The normalized spacial score (nSPS) is 37.0. The Bertz CT molecular complexity index is 291. The minimum Gasteiger partial charge on any atom is -0.298 e. The van der Waals surface area contributed by atoms with Gasteiger partial charge in [0, 0.05) is 18.5 Å². The fourth-order valence-corrected chi connectivity index (χ4v) is 4.52. The number of hydrogen-bond donors (Lipinski definition) is 0. The summed E-state index contributed by atoms with van der Waals surface area (Å²) in [7, 11) is -2.72. The highest BCUT2D eigenvalue weighted by Gasteiger charge is 2.47. The van der Waals surface area contributed by atoms with Crippen molar-refractivity contribution in [1.29, 1.82) is 0 Å². The molecule has 2 fully saturated rings. The molecule has 76 valence electrons. The molecule has 2 atom stereocenters. The third-order valence-electron chi connectivity index (χ3n) is 3.00. The van der Waals surface area contributed by atoms with Gasteiger partial charge in [-0.3, -0.25) is 4.90 Å². The molecule has 2 saturated heterocycles. The van der Waals surface area contributed by atoms with E-state index in [1.807, 2.05) is 0 Å². The number of rotatable bonds is 3. The average molecular weight is 224 g/mol. The molecule has 0 saturated carbocycles. The largest absolute Gasteiger partial charge is 0.298 e. The van der Waals surface area contributed by atoms with Crippen molar-refractivity contribution in [2.24, 2.45) is 0 Å². The van der Waals surface area contributed by atoms with Crippen molar-refractivity contribution in [1.82, 2.24) is 4.90 Å². The van der Waals surface area contributed by atoms with Crippen molar-refractivity contribution >= 4 is 21.4 Å². The van der Waals surface area contributed by atoms with Gasteiger partial charge in [0.15, 0.2) is 9.84 Å². The number of halogens is 1. The molecule has 2 aliphatic rings. The third-order valence-corrected chi connectivity index (χ3v) is 5.47. The number of nitrogens with zero attached hydrogens (tertiary/aromatic N) is 1. The Morgan fingerprint density at radius 1 is 1.46 bits per heavy atom. The van der Waals surface area contributed by atoms with Crippen molar-refractivity contribution in [2.45, 2.75) is 24.1 Å². The first-order valence-corrected chi connectivity index (χ1v) is 6.90. The summed E-state index contributed by atoms with van der Waals surface area (Å²) in [5.41, 5.74) is 0. The fraction of sp³-hybridized carbons (Fsp3) is 1.00. The van der Waals surface area contributed by atoms with Crippen LogP contribution in [0.15, 0.2) is 0 Å². The van der Waals surface area contributed by atoms with E-state index in [4.69, 9.17) is 11.6 Å². The van der Waals surface area contributed by atoms with E-state index in [1.54, 1.807) is 0 Å². The summed E-state index contributed by atoms with van der Waals surface area (Å²) in [6.45, 7) is 1.70. The van der Waals surface area contributed by atoms with E-state index < -0.39 is 9.84 Å². The van der Waals surface area contributed by atoms with Gasteiger partial charge >= 0.3 is 0 Å². The summed E-state index contributed by atoms with van der Waals surface area (Å²) >= 11 is 5.59. The molecule has 2 aliphatic heterocycles. The van der Waals surface area contributed by atoms with E-state index in [2.05, 4.69) is 4.90 Å². The Morgan fingerprint density at radius 2 is 2.23 bits per heavy atom. The summed E-state index contributed by atoms with van der Waals surface area (Å²) in [6, 6.07) is 0.290. The molecule has 2 rings (SSSR count). The minimum atomic E-state index is -2.72. The van der Waals surface area contributed by atoms with E-state index in [0.717, 1.165) is 25.9 Å². The van der Waals surface area contributed by atoms with Crippen LogP contribution in [-0.2, 0) is 9.84 Å². The second kappa shape index (κ2) is 3.41. The lowest BCUT2D eigenvalue weighted by molar-refractivity contribution is 0.266. The Labute approximate surface area is 84.0 Å². The highest BCUT2D eigenvalue weighted by molar-refractivity contribution is 7.92. The first kappa shape index (κ1) is 9.74. The Morgan fingerprint density at radius 3 is 2.69 bits per heavy atom. The van der Waals surface area contributed by atoms with Crippen LogP contribution in [0.3, 0.4) is 0 Å². The van der Waals surface area contributed by atoms with Gasteiger partial charge in [0.05, 0.1) is 11.0 Å². The zero-order valence-corrected chi connectivity index (χ0v) is 9.02. The smallest absolute Gasteiger partial charge is 0.156 e. The predicted molar refractivity (Wildman–Crippen MR) is 52.9 cm³/mol. The van der Waals surface area contributed by atoms with Crippen molar-refractivity contribution < 1.29 is 8.42 Å². The number of hydrogen-bond acceptors (Lipinski definition) is 3. The van der Waals surface area contributed by atoms with E-state index in [0.29, 0.717) is 17.7 Å². The molecule has 0 N–H and O–H groups in total. The molecule has 0 aromatic heterocycles. The summed E-state index contributed by atoms with van der Waals surface area (Å²) in [5, 5.41) is -0.0761. The lowest BCUT2D eigenvalue weighted by Crippen LogP contribution is -2.40. The lowest BCUT2D eigenvalue weighted by atomic mass is 10.2. The van der Waals surface area contributed by atoms with Crippen LogP contribution in [0.5, 0.6) is 0 Å². The molecule has 5 heteroatoms. The maximum absolute atomic E-state index is 11.4. The van der Waals surface area contributed by atoms with Gasteiger partial charge in [-0.05, 0) is 19.4 Å². The maximum atomic E-state index is 11.4. The number of alkyl halides is 1. The van der Waals surface area contributed by atoms with Gasteiger partial charge in [0.25, 0.3) is 0 Å². The zero-order valence-electron chi connectivity index (χ0n) is 7.45. The quantitative estimate of drug-likeness (QED) is 0.654. The van der Waals surface area contributed by atoms with Crippen LogP contribution in [0.4, 0.5) is 0 Å². The van der Waals surface area contributed by atoms with Crippen molar-refractivity contribution in [3.8, 4) is 0 Å². The van der Waals surface area contributed by atoms with Gasteiger partial charge in [0.2, 0.25) is 0 Å². The topological polar surface area (TPSA) is 37.4 Å². The number of fused-ring (bicyclic) bond motifs is 2. The maximum Gasteiger partial charge on any atom is 0.156 e. The van der Waals surface area contributed by atoms with Gasteiger partial charge < -0.3 is 0 Å². The van der Waals surface area contributed by atoms with Crippen LogP contribution < -0.4 is 0 Å². The highest BCUT2D eigenvalue weighted by Crippen LogP contribution is 2.32. The molecule has 2 heterocycles. The number of sulfone groups is 1. The van der Waals surface area contributed by atoms with Gasteiger partial charge in [0.1, 0.15) is 0 Å². The molecule has 0 aromatic carbocycles. The molecular formula is C8H14ClNO2S. The van der Waals surface area contributed by atoms with Crippen LogP contribution in [0.25, 0.3) is 0 Å². The van der Waals surface area contributed by atoms with Crippen LogP contribution in [0.2, 0.25) is 0 Å². The lowest BCUT2D eigenvalue weighted by Gasteiger charge is -2.25. The Balaban J connectivity index is 1.96. The summed E-state index contributed by atoms with van der Waals surface area (Å²) in [4.78, 5) is 2.27. The predicted octanol–water partition coefficient (Wildman–Crippen LogP) is 0.487. The molecule has 3 nitrogen and oxygen atoms in total. The van der Waals surface area contributed by atoms with Crippen LogP contribution in [-0.4, -0.2) is 49.3 Å². The molecule has 0 radical (unpaired) electrons. The average Bonchev–Trinajstić information content (AvgIpc) is 2.55. The molecule has 0 spiro atoms. The minimum absolute atomic E-state index is 0.0761. The Kier molecular flexibility index (Phi) is 2.55. The second-order valence-corrected chi connectivity index (χ2v) is 6.58. The molecule has 13 heavy (non-hydrogen) atoms. The molecule has 0 aliphatic carbocycles. The molecule has 0 aromatic rings. The van der Waals surface area contributed by atoms with Crippen LogP contribution >= 0.6 is 11.6 Å². The highest BCUT2D eigenvalue weighted by atomic mass is 35.5. The SMILES string of the molecule is O=S1(=O)CC2CC1CN2CCCCl. The van der Waals surface area contributed by atoms with Gasteiger partial charge in [-0.2, -0.15) is 0 Å². The Hall–Kier alpha value is 0.200. The molecule has 0 amide bonds. The second-order valence-electron chi connectivity index (χ2n) is 3.88. The van der Waals surface area contributed by atoms with Gasteiger partial charge in [-0.1, -0.05) is 0 Å². The van der Waals surface area contributed by atoms with Gasteiger partial charge in [-0.25, -0.2) is 8.42 Å². The van der Waals surface area contributed by atoms with Crippen LogP contribution in [0, 0.1) is 0 Å². The molecule has 2 bridgehead atoms. The monoisotopic (exact) mass is 223 g/mol. The summed E-state index contributed by atoms with van der Waals surface area (Å²) < 4.78 is 22.8. The summed E-state index contributed by atoms with van der Waals surface area (Å²) in [5.74, 6) is 1.04. The molecular weight excluding hydrogens is 210 g/mol. The van der Waals surface area contributed by atoms with E-state index in [1.165, 1.54) is 0 Å².